The van der Waals surface area contributed by atoms with Gasteiger partial charge in [0.25, 0.3) is 5.91 Å². The molecule has 6 nitrogen and oxygen atoms in total. The Labute approximate surface area is 152 Å². The van der Waals surface area contributed by atoms with E-state index in [9.17, 15) is 14.3 Å². The molecule has 0 radical (unpaired) electrons. The van der Waals surface area contributed by atoms with Gasteiger partial charge in [0.1, 0.15) is 11.9 Å². The van der Waals surface area contributed by atoms with Crippen molar-refractivity contribution in [2.24, 2.45) is 5.10 Å². The molecular formula is C17H17BrFN3O3. The number of phenolic OH excluding ortho intramolecular Hbond substituents is 1. The Hall–Kier alpha value is -2.61. The lowest BCUT2D eigenvalue weighted by atomic mass is 10.2. The molecule has 0 aliphatic rings. The maximum Gasteiger partial charge on any atom is 0.262 e. The van der Waals surface area contributed by atoms with Crippen LogP contribution in [0.1, 0.15) is 12.5 Å². The third-order valence-corrected chi connectivity index (χ3v) is 3.75. The Morgan fingerprint density at radius 3 is 2.68 bits per heavy atom. The molecule has 8 heteroatoms. The van der Waals surface area contributed by atoms with Gasteiger partial charge in [-0.05, 0) is 43.3 Å². The van der Waals surface area contributed by atoms with Crippen molar-refractivity contribution in [1.29, 1.82) is 0 Å². The van der Waals surface area contributed by atoms with E-state index in [1.807, 2.05) is 0 Å². The molecule has 0 aromatic heterocycles. The highest BCUT2D eigenvalue weighted by atomic mass is 79.9. The van der Waals surface area contributed by atoms with Crippen molar-refractivity contribution in [3.05, 3.63) is 52.3 Å². The lowest BCUT2D eigenvalue weighted by Gasteiger charge is -2.13. The third kappa shape index (κ3) is 5.18. The Morgan fingerprint density at radius 1 is 1.36 bits per heavy atom. The number of amides is 1. The van der Waals surface area contributed by atoms with Gasteiger partial charge in [-0.2, -0.15) is 5.10 Å². The number of methoxy groups -OCH3 is 1. The van der Waals surface area contributed by atoms with Crippen molar-refractivity contribution in [2.45, 2.75) is 13.0 Å². The second-order valence-electron chi connectivity index (χ2n) is 5.15. The van der Waals surface area contributed by atoms with Crippen LogP contribution in [-0.4, -0.2) is 30.4 Å². The average Bonchev–Trinajstić information content (AvgIpc) is 2.59. The van der Waals surface area contributed by atoms with Gasteiger partial charge < -0.3 is 15.2 Å². The Kier molecular flexibility index (Phi) is 6.35. The van der Waals surface area contributed by atoms with E-state index in [0.29, 0.717) is 15.7 Å². The number of nitrogens with one attached hydrogen (secondary N) is 2. The van der Waals surface area contributed by atoms with Crippen LogP contribution in [0.15, 0.2) is 46.0 Å². The van der Waals surface area contributed by atoms with Crippen LogP contribution >= 0.6 is 15.9 Å². The predicted octanol–water partition coefficient (Wildman–Crippen LogP) is 3.25. The molecule has 2 rings (SSSR count). The van der Waals surface area contributed by atoms with Crippen LogP contribution in [0.25, 0.3) is 0 Å². The summed E-state index contributed by atoms with van der Waals surface area (Å²) in [4.78, 5) is 12.0. The first-order valence-corrected chi connectivity index (χ1v) is 8.11. The van der Waals surface area contributed by atoms with Crippen LogP contribution < -0.4 is 15.5 Å². The van der Waals surface area contributed by atoms with Gasteiger partial charge in [0.2, 0.25) is 0 Å². The smallest absolute Gasteiger partial charge is 0.262 e. The van der Waals surface area contributed by atoms with E-state index in [-0.39, 0.29) is 23.2 Å². The first-order valence-electron chi connectivity index (χ1n) is 7.32. The lowest BCUT2D eigenvalue weighted by molar-refractivity contribution is -0.121. The number of hydrogen-bond acceptors (Lipinski definition) is 5. The van der Waals surface area contributed by atoms with E-state index in [1.165, 1.54) is 37.6 Å². The van der Waals surface area contributed by atoms with Crippen molar-refractivity contribution in [1.82, 2.24) is 5.43 Å². The van der Waals surface area contributed by atoms with Gasteiger partial charge in [-0.25, -0.2) is 9.82 Å². The van der Waals surface area contributed by atoms with Gasteiger partial charge in [0, 0.05) is 15.7 Å². The number of ether oxygens (including phenoxy) is 1. The maximum absolute atomic E-state index is 12.9. The van der Waals surface area contributed by atoms with Crippen molar-refractivity contribution in [2.75, 3.05) is 12.4 Å². The number of benzene rings is 2. The number of aromatic hydroxyl groups is 1. The first-order chi connectivity index (χ1) is 11.9. The van der Waals surface area contributed by atoms with E-state index < -0.39 is 6.04 Å². The highest BCUT2D eigenvalue weighted by molar-refractivity contribution is 9.10. The van der Waals surface area contributed by atoms with E-state index in [4.69, 9.17) is 4.74 Å². The number of carbonyl (C=O) groups excluding carboxylic acids is 1. The van der Waals surface area contributed by atoms with Gasteiger partial charge in [-0.1, -0.05) is 15.9 Å². The largest absolute Gasteiger partial charge is 0.504 e. The number of hydrazone groups is 1. The number of anilines is 1. The van der Waals surface area contributed by atoms with E-state index >= 15 is 0 Å². The van der Waals surface area contributed by atoms with Gasteiger partial charge in [0.05, 0.1) is 13.3 Å². The molecule has 0 saturated carbocycles. The van der Waals surface area contributed by atoms with Crippen LogP contribution in [0, 0.1) is 5.82 Å². The lowest BCUT2D eigenvalue weighted by Crippen LogP contribution is -2.34. The summed E-state index contributed by atoms with van der Waals surface area (Å²) in [6.45, 7) is 1.65. The van der Waals surface area contributed by atoms with Crippen molar-refractivity contribution < 1.29 is 19.0 Å². The average molecular weight is 410 g/mol. The SMILES string of the molecule is COc1cc(Br)cc(/C=N\NC(=O)[C@H](C)Nc2ccc(F)cc2)c1O. The fourth-order valence-corrected chi connectivity index (χ4v) is 2.43. The number of hydrogen-bond donors (Lipinski definition) is 3. The normalized spacial score (nSPS) is 12.0. The van der Waals surface area contributed by atoms with Gasteiger partial charge in [0.15, 0.2) is 11.5 Å². The molecule has 0 unspecified atom stereocenters. The quantitative estimate of drug-likeness (QED) is 0.505. The molecule has 0 spiro atoms. The van der Waals surface area contributed by atoms with Crippen LogP contribution in [-0.2, 0) is 4.79 Å². The number of carbonyl (C=O) groups is 1. The van der Waals surface area contributed by atoms with Gasteiger partial charge >= 0.3 is 0 Å². The van der Waals surface area contributed by atoms with Crippen LogP contribution in [0.3, 0.4) is 0 Å². The van der Waals surface area contributed by atoms with Crippen LogP contribution in [0.4, 0.5) is 10.1 Å². The summed E-state index contributed by atoms with van der Waals surface area (Å²) in [7, 11) is 1.44. The molecule has 0 aliphatic heterocycles. The number of rotatable bonds is 6. The maximum atomic E-state index is 12.9. The minimum Gasteiger partial charge on any atom is -0.504 e. The second kappa shape index (κ2) is 8.48. The third-order valence-electron chi connectivity index (χ3n) is 3.29. The molecule has 3 N–H and O–H groups in total. The molecule has 25 heavy (non-hydrogen) atoms. The van der Waals surface area contributed by atoms with Gasteiger partial charge in [-0.3, -0.25) is 4.79 Å². The highest BCUT2D eigenvalue weighted by Crippen LogP contribution is 2.32. The first kappa shape index (κ1) is 18.7. The summed E-state index contributed by atoms with van der Waals surface area (Å²) in [5.74, 6) is -0.534. The summed E-state index contributed by atoms with van der Waals surface area (Å²) in [6.07, 6.45) is 1.31. The van der Waals surface area contributed by atoms with Gasteiger partial charge in [-0.15, -0.1) is 0 Å². The van der Waals surface area contributed by atoms with E-state index in [2.05, 4.69) is 31.8 Å². The Morgan fingerprint density at radius 2 is 2.04 bits per heavy atom. The molecule has 0 fully saturated rings. The Balaban J connectivity index is 1.98. The van der Waals surface area contributed by atoms with Crippen molar-refractivity contribution >= 4 is 33.7 Å². The van der Waals surface area contributed by atoms with E-state index in [1.54, 1.807) is 19.1 Å². The summed E-state index contributed by atoms with van der Waals surface area (Å²) in [5.41, 5.74) is 3.37. The summed E-state index contributed by atoms with van der Waals surface area (Å²) in [6, 6.07) is 8.33. The molecule has 0 heterocycles. The molecule has 1 amide bonds. The Bertz CT molecular complexity index is 781. The molecule has 0 bridgehead atoms. The zero-order valence-corrected chi connectivity index (χ0v) is 15.2. The van der Waals surface area contributed by atoms with Crippen LogP contribution in [0.5, 0.6) is 11.5 Å². The molecule has 2 aromatic rings. The molecule has 0 saturated heterocycles. The van der Waals surface area contributed by atoms with E-state index in [0.717, 1.165) is 0 Å². The zero-order chi connectivity index (χ0) is 18.4. The molecule has 2 aromatic carbocycles. The minimum atomic E-state index is -0.590. The molecule has 132 valence electrons. The second-order valence-corrected chi connectivity index (χ2v) is 6.07. The predicted molar refractivity (Wildman–Crippen MR) is 97.6 cm³/mol. The summed E-state index contributed by atoms with van der Waals surface area (Å²) < 4.78 is 18.6. The molecule has 1 atom stereocenters. The minimum absolute atomic E-state index is 0.0822. The van der Waals surface area contributed by atoms with Crippen molar-refractivity contribution in [3.8, 4) is 11.5 Å². The number of nitrogens with zero attached hydrogens (tertiary/aromatic N) is 1. The highest BCUT2D eigenvalue weighted by Gasteiger charge is 2.12. The standard InChI is InChI=1S/C17H17BrFN3O3/c1-10(21-14-5-3-13(19)4-6-14)17(24)22-20-9-11-7-12(18)8-15(25-2)16(11)23/h3-10,21,23H,1-2H3,(H,22,24)/b20-9-/t10-/m0/s1. The number of phenols is 1. The zero-order valence-electron chi connectivity index (χ0n) is 13.6. The fraction of sp³-hybridized carbons (Fsp3) is 0.176. The monoisotopic (exact) mass is 409 g/mol. The fourth-order valence-electron chi connectivity index (χ4n) is 1.97. The molecule has 0 aliphatic carbocycles. The topological polar surface area (TPSA) is 83.0 Å². The summed E-state index contributed by atoms with van der Waals surface area (Å²) in [5, 5.41) is 16.8. The van der Waals surface area contributed by atoms with Crippen molar-refractivity contribution in [3.63, 3.8) is 0 Å². The molecular weight excluding hydrogens is 393 g/mol. The van der Waals surface area contributed by atoms with Crippen LogP contribution in [0.2, 0.25) is 0 Å². The summed E-state index contributed by atoms with van der Waals surface area (Å²) >= 11 is 3.30. The number of halogens is 2.